The summed E-state index contributed by atoms with van der Waals surface area (Å²) in [7, 11) is 0. The Morgan fingerprint density at radius 2 is 1.92 bits per heavy atom. The Kier molecular flexibility index (Phi) is 3.39. The first-order valence-corrected chi connectivity index (χ1v) is 8.99. The Balaban J connectivity index is 1.55. The molecule has 0 atom stereocenters. The van der Waals surface area contributed by atoms with Gasteiger partial charge in [-0.1, -0.05) is 30.3 Å². The van der Waals surface area contributed by atoms with Crippen molar-refractivity contribution in [3.05, 3.63) is 60.7 Å². The van der Waals surface area contributed by atoms with Crippen LogP contribution in [-0.2, 0) is 0 Å². The van der Waals surface area contributed by atoms with E-state index in [0.29, 0.717) is 5.82 Å². The van der Waals surface area contributed by atoms with Crippen LogP contribution in [0.3, 0.4) is 0 Å². The van der Waals surface area contributed by atoms with Crippen LogP contribution in [0.25, 0.3) is 31.3 Å². The zero-order chi connectivity index (χ0) is 17.5. The number of rotatable bonds is 3. The van der Waals surface area contributed by atoms with Gasteiger partial charge in [-0.05, 0) is 25.1 Å². The Morgan fingerprint density at radius 1 is 1.08 bits per heavy atom. The van der Waals surface area contributed by atoms with Gasteiger partial charge in [0.15, 0.2) is 11.6 Å². The van der Waals surface area contributed by atoms with E-state index in [1.807, 2.05) is 43.3 Å². The molecule has 0 radical (unpaired) electrons. The van der Waals surface area contributed by atoms with Gasteiger partial charge in [0, 0.05) is 10.1 Å². The molecule has 0 saturated carbocycles. The largest absolute Gasteiger partial charge is 0.337 e. The van der Waals surface area contributed by atoms with E-state index in [4.69, 9.17) is 0 Å². The molecule has 7 heteroatoms. The predicted molar refractivity (Wildman–Crippen MR) is 107 cm³/mol. The Labute approximate surface area is 152 Å². The SMILES string of the molecule is C/C(=N\Nc1ncnc2sc3ccccc3c12)c1nc2ccccc2[nH]1. The molecule has 0 bridgehead atoms. The lowest BCUT2D eigenvalue weighted by Gasteiger charge is -2.02. The van der Waals surface area contributed by atoms with Crippen LogP contribution in [-0.4, -0.2) is 25.6 Å². The van der Waals surface area contributed by atoms with Crippen molar-refractivity contribution >= 4 is 54.2 Å². The average Bonchev–Trinajstić information content (AvgIpc) is 3.27. The fourth-order valence-electron chi connectivity index (χ4n) is 2.95. The number of imidazole rings is 1. The highest BCUT2D eigenvalue weighted by Crippen LogP contribution is 2.35. The number of benzene rings is 2. The average molecular weight is 358 g/mol. The zero-order valence-corrected chi connectivity index (χ0v) is 14.7. The lowest BCUT2D eigenvalue weighted by atomic mass is 10.2. The summed E-state index contributed by atoms with van der Waals surface area (Å²) in [5.74, 6) is 1.43. The van der Waals surface area contributed by atoms with Crippen LogP contribution in [0.15, 0.2) is 60.0 Å². The molecule has 0 saturated heterocycles. The molecule has 0 aliphatic carbocycles. The number of hydrazone groups is 1. The lowest BCUT2D eigenvalue weighted by Crippen LogP contribution is -2.03. The molecule has 2 N–H and O–H groups in total. The monoisotopic (exact) mass is 358 g/mol. The molecule has 0 amide bonds. The summed E-state index contributed by atoms with van der Waals surface area (Å²) >= 11 is 1.65. The summed E-state index contributed by atoms with van der Waals surface area (Å²) < 4.78 is 1.18. The van der Waals surface area contributed by atoms with E-state index in [-0.39, 0.29) is 0 Å². The third-order valence-corrected chi connectivity index (χ3v) is 5.32. The highest BCUT2D eigenvalue weighted by Gasteiger charge is 2.11. The maximum Gasteiger partial charge on any atom is 0.159 e. The number of aromatic amines is 1. The summed E-state index contributed by atoms with van der Waals surface area (Å²) in [4.78, 5) is 17.6. The van der Waals surface area contributed by atoms with Crippen molar-refractivity contribution in [2.24, 2.45) is 5.10 Å². The molecule has 0 aliphatic rings. The maximum absolute atomic E-state index is 4.57. The molecule has 3 aromatic heterocycles. The highest BCUT2D eigenvalue weighted by molar-refractivity contribution is 7.25. The van der Waals surface area contributed by atoms with Crippen molar-refractivity contribution in [3.8, 4) is 0 Å². The summed E-state index contributed by atoms with van der Waals surface area (Å²) in [5.41, 5.74) is 5.76. The van der Waals surface area contributed by atoms with Crippen molar-refractivity contribution in [1.29, 1.82) is 0 Å². The van der Waals surface area contributed by atoms with E-state index in [1.165, 1.54) is 4.70 Å². The van der Waals surface area contributed by atoms with Gasteiger partial charge in [-0.2, -0.15) is 5.10 Å². The molecule has 0 fully saturated rings. The van der Waals surface area contributed by atoms with Crippen LogP contribution in [0, 0.1) is 0 Å². The molecular weight excluding hydrogens is 344 g/mol. The number of thiophene rings is 1. The first-order chi connectivity index (χ1) is 12.8. The topological polar surface area (TPSA) is 78.8 Å². The highest BCUT2D eigenvalue weighted by atomic mass is 32.1. The first-order valence-electron chi connectivity index (χ1n) is 8.17. The zero-order valence-electron chi connectivity index (χ0n) is 13.9. The molecule has 0 aliphatic heterocycles. The molecular formula is C19H14N6S. The fourth-order valence-corrected chi connectivity index (χ4v) is 4.00. The number of para-hydroxylation sites is 2. The summed E-state index contributed by atoms with van der Waals surface area (Å²) in [6, 6.07) is 16.1. The normalized spacial score (nSPS) is 12.3. The number of fused-ring (bicyclic) bond motifs is 4. The summed E-state index contributed by atoms with van der Waals surface area (Å²) in [5, 5.41) is 6.61. The molecule has 126 valence electrons. The first kappa shape index (κ1) is 15.0. The maximum atomic E-state index is 4.57. The second-order valence-electron chi connectivity index (χ2n) is 5.91. The van der Waals surface area contributed by atoms with Crippen LogP contribution in [0.2, 0.25) is 0 Å². The van der Waals surface area contributed by atoms with Gasteiger partial charge in [-0.3, -0.25) is 5.43 Å². The van der Waals surface area contributed by atoms with Gasteiger partial charge < -0.3 is 4.98 Å². The van der Waals surface area contributed by atoms with Crippen molar-refractivity contribution in [2.45, 2.75) is 6.92 Å². The quantitative estimate of drug-likeness (QED) is 0.366. The van der Waals surface area contributed by atoms with E-state index in [1.54, 1.807) is 17.7 Å². The number of hydrogen-bond donors (Lipinski definition) is 2. The van der Waals surface area contributed by atoms with Gasteiger partial charge in [0.1, 0.15) is 16.9 Å². The number of aromatic nitrogens is 4. The van der Waals surface area contributed by atoms with E-state index in [2.05, 4.69) is 42.6 Å². The number of nitrogens with zero attached hydrogens (tertiary/aromatic N) is 4. The molecule has 3 heterocycles. The molecule has 0 unspecified atom stereocenters. The molecule has 26 heavy (non-hydrogen) atoms. The van der Waals surface area contributed by atoms with Crippen molar-refractivity contribution in [2.75, 3.05) is 5.43 Å². The smallest absolute Gasteiger partial charge is 0.159 e. The third-order valence-electron chi connectivity index (χ3n) is 4.24. The van der Waals surface area contributed by atoms with Gasteiger partial charge in [-0.15, -0.1) is 11.3 Å². The molecule has 5 aromatic rings. The van der Waals surface area contributed by atoms with Crippen LogP contribution in [0.5, 0.6) is 0 Å². The Hall–Kier alpha value is -3.32. The van der Waals surface area contributed by atoms with E-state index in [0.717, 1.165) is 38.2 Å². The number of anilines is 1. The van der Waals surface area contributed by atoms with E-state index >= 15 is 0 Å². The second kappa shape index (κ2) is 5.89. The number of hydrogen-bond acceptors (Lipinski definition) is 6. The molecule has 5 rings (SSSR count). The third kappa shape index (κ3) is 2.41. The van der Waals surface area contributed by atoms with Gasteiger partial charge in [0.2, 0.25) is 0 Å². The number of nitrogens with one attached hydrogen (secondary N) is 2. The lowest BCUT2D eigenvalue weighted by molar-refractivity contribution is 1.17. The van der Waals surface area contributed by atoms with Gasteiger partial charge in [0.05, 0.1) is 16.4 Å². The Bertz CT molecular complexity index is 1250. The van der Waals surface area contributed by atoms with Crippen LogP contribution >= 0.6 is 11.3 Å². The Morgan fingerprint density at radius 3 is 2.85 bits per heavy atom. The summed E-state index contributed by atoms with van der Waals surface area (Å²) in [6.45, 7) is 1.91. The van der Waals surface area contributed by atoms with Gasteiger partial charge in [-0.25, -0.2) is 15.0 Å². The van der Waals surface area contributed by atoms with Gasteiger partial charge >= 0.3 is 0 Å². The van der Waals surface area contributed by atoms with Crippen molar-refractivity contribution in [3.63, 3.8) is 0 Å². The fraction of sp³-hybridized carbons (Fsp3) is 0.0526. The van der Waals surface area contributed by atoms with E-state index < -0.39 is 0 Å². The summed E-state index contributed by atoms with van der Waals surface area (Å²) in [6.07, 6.45) is 1.56. The molecule has 6 nitrogen and oxygen atoms in total. The minimum Gasteiger partial charge on any atom is -0.337 e. The van der Waals surface area contributed by atoms with Crippen LogP contribution in [0.4, 0.5) is 5.82 Å². The number of H-pyrrole nitrogens is 1. The minimum atomic E-state index is 0.697. The predicted octanol–water partition coefficient (Wildman–Crippen LogP) is 4.56. The van der Waals surface area contributed by atoms with Crippen molar-refractivity contribution < 1.29 is 0 Å². The molecule has 2 aromatic carbocycles. The minimum absolute atomic E-state index is 0.697. The van der Waals surface area contributed by atoms with Crippen LogP contribution < -0.4 is 5.43 Å². The van der Waals surface area contributed by atoms with Crippen molar-refractivity contribution in [1.82, 2.24) is 19.9 Å². The van der Waals surface area contributed by atoms with E-state index in [9.17, 15) is 0 Å². The van der Waals surface area contributed by atoms with Crippen LogP contribution in [0.1, 0.15) is 12.7 Å². The second-order valence-corrected chi connectivity index (χ2v) is 6.94. The van der Waals surface area contributed by atoms with Gasteiger partial charge in [0.25, 0.3) is 0 Å². The molecule has 0 spiro atoms. The standard InChI is InChI=1S/C19H14N6S/c1-11(17-22-13-7-3-4-8-14(13)23-17)24-25-18-16-12-6-2-5-9-15(12)26-19(16)21-10-20-18/h2-10H,1H3,(H,22,23)(H,20,21,25)/b24-11+.